The lowest BCUT2D eigenvalue weighted by atomic mass is 10.3. The first kappa shape index (κ1) is 12.1. The molecule has 0 aromatic carbocycles. The van der Waals surface area contributed by atoms with Crippen molar-refractivity contribution in [2.75, 3.05) is 5.73 Å². The van der Waals surface area contributed by atoms with E-state index >= 15 is 0 Å². The Morgan fingerprint density at radius 1 is 1.18 bits per heavy atom. The third-order valence-electron chi connectivity index (χ3n) is 2.52. The van der Waals surface area contributed by atoms with Gasteiger partial charge in [0.25, 0.3) is 0 Å². The molecule has 0 saturated carbocycles. The van der Waals surface area contributed by atoms with Crippen LogP contribution in [0.4, 0.5) is 5.69 Å². The summed E-state index contributed by atoms with van der Waals surface area (Å²) >= 11 is 1.87. The Bertz CT molecular complexity index is 462. The van der Waals surface area contributed by atoms with Crippen molar-refractivity contribution in [1.29, 1.82) is 0 Å². The molecule has 2 aromatic heterocycles. The summed E-state index contributed by atoms with van der Waals surface area (Å²) in [6, 6.07) is 8.22. The van der Waals surface area contributed by atoms with Gasteiger partial charge in [0.1, 0.15) is 0 Å². The van der Waals surface area contributed by atoms with Gasteiger partial charge in [0, 0.05) is 22.8 Å². The Labute approximate surface area is 106 Å². The summed E-state index contributed by atoms with van der Waals surface area (Å²) < 4.78 is 0. The van der Waals surface area contributed by atoms with E-state index in [1.54, 1.807) is 6.20 Å². The molecule has 17 heavy (non-hydrogen) atoms. The maximum absolute atomic E-state index is 5.58. The van der Waals surface area contributed by atoms with E-state index in [9.17, 15) is 0 Å². The van der Waals surface area contributed by atoms with Crippen molar-refractivity contribution in [3.05, 3.63) is 45.9 Å². The fourth-order valence-corrected chi connectivity index (χ4v) is 2.49. The van der Waals surface area contributed by atoms with Crippen LogP contribution in [0.2, 0.25) is 0 Å². The molecule has 0 atom stereocenters. The van der Waals surface area contributed by atoms with Gasteiger partial charge in [-0.25, -0.2) is 0 Å². The molecule has 0 spiro atoms. The number of thiophene rings is 1. The van der Waals surface area contributed by atoms with E-state index < -0.39 is 0 Å². The van der Waals surface area contributed by atoms with Gasteiger partial charge in [0.15, 0.2) is 0 Å². The van der Waals surface area contributed by atoms with E-state index in [1.165, 1.54) is 9.75 Å². The van der Waals surface area contributed by atoms with E-state index in [0.717, 1.165) is 25.2 Å². The maximum atomic E-state index is 5.58. The number of hydrogen-bond acceptors (Lipinski definition) is 4. The molecule has 2 heterocycles. The van der Waals surface area contributed by atoms with Gasteiger partial charge < -0.3 is 11.1 Å². The molecular weight excluding hydrogens is 230 g/mol. The Hall–Kier alpha value is -1.39. The molecule has 0 aliphatic rings. The van der Waals surface area contributed by atoms with Crippen LogP contribution in [0.25, 0.3) is 0 Å². The minimum absolute atomic E-state index is 0.708. The number of aromatic nitrogens is 1. The molecule has 4 heteroatoms. The van der Waals surface area contributed by atoms with Gasteiger partial charge in [-0.2, -0.15) is 0 Å². The van der Waals surface area contributed by atoms with Crippen LogP contribution in [0, 0.1) is 0 Å². The SMILES string of the molecule is CCc1ccc(CNCc2ccc(N)cn2)s1. The highest BCUT2D eigenvalue weighted by Crippen LogP contribution is 2.16. The molecule has 0 amide bonds. The molecule has 0 unspecified atom stereocenters. The fraction of sp³-hybridized carbons (Fsp3) is 0.308. The lowest BCUT2D eigenvalue weighted by Gasteiger charge is -2.02. The number of nitrogens with two attached hydrogens (primary N) is 1. The Morgan fingerprint density at radius 2 is 2.00 bits per heavy atom. The average molecular weight is 247 g/mol. The van der Waals surface area contributed by atoms with Crippen LogP contribution in [-0.2, 0) is 19.5 Å². The molecule has 0 bridgehead atoms. The van der Waals surface area contributed by atoms with E-state index in [1.807, 2.05) is 23.5 Å². The molecule has 0 aliphatic carbocycles. The van der Waals surface area contributed by atoms with Gasteiger partial charge in [-0.1, -0.05) is 6.92 Å². The van der Waals surface area contributed by atoms with Crippen LogP contribution < -0.4 is 11.1 Å². The largest absolute Gasteiger partial charge is 0.397 e. The predicted molar refractivity (Wildman–Crippen MR) is 72.9 cm³/mol. The summed E-state index contributed by atoms with van der Waals surface area (Å²) in [5, 5.41) is 3.38. The molecule has 0 radical (unpaired) electrons. The monoisotopic (exact) mass is 247 g/mol. The zero-order chi connectivity index (χ0) is 12.1. The molecular formula is C13H17N3S. The minimum atomic E-state index is 0.708. The van der Waals surface area contributed by atoms with Crippen molar-refractivity contribution in [2.24, 2.45) is 0 Å². The van der Waals surface area contributed by atoms with Crippen molar-refractivity contribution in [3.8, 4) is 0 Å². The zero-order valence-electron chi connectivity index (χ0n) is 9.94. The number of pyridine rings is 1. The second-order valence-corrected chi connectivity index (χ2v) is 5.16. The summed E-state index contributed by atoms with van der Waals surface area (Å²) in [5.41, 5.74) is 7.31. The number of aryl methyl sites for hydroxylation is 1. The topological polar surface area (TPSA) is 50.9 Å². The summed E-state index contributed by atoms with van der Waals surface area (Å²) in [4.78, 5) is 7.06. The summed E-state index contributed by atoms with van der Waals surface area (Å²) in [6.45, 7) is 3.86. The van der Waals surface area contributed by atoms with Gasteiger partial charge in [0.05, 0.1) is 17.6 Å². The summed E-state index contributed by atoms with van der Waals surface area (Å²) in [7, 11) is 0. The third kappa shape index (κ3) is 3.54. The fourth-order valence-electron chi connectivity index (χ4n) is 1.56. The van der Waals surface area contributed by atoms with Crippen LogP contribution in [0.15, 0.2) is 30.5 Å². The molecule has 3 N–H and O–H groups in total. The molecule has 2 rings (SSSR count). The molecule has 3 nitrogen and oxygen atoms in total. The molecule has 2 aromatic rings. The van der Waals surface area contributed by atoms with E-state index in [-0.39, 0.29) is 0 Å². The average Bonchev–Trinajstić information content (AvgIpc) is 2.80. The van der Waals surface area contributed by atoms with Crippen LogP contribution in [0.1, 0.15) is 22.4 Å². The van der Waals surface area contributed by atoms with Crippen molar-refractivity contribution in [3.63, 3.8) is 0 Å². The smallest absolute Gasteiger partial charge is 0.0543 e. The second kappa shape index (κ2) is 5.80. The third-order valence-corrected chi connectivity index (χ3v) is 3.75. The first-order valence-corrected chi connectivity index (χ1v) is 6.58. The minimum Gasteiger partial charge on any atom is -0.397 e. The van der Waals surface area contributed by atoms with Gasteiger partial charge in [-0.15, -0.1) is 11.3 Å². The maximum Gasteiger partial charge on any atom is 0.0543 e. The zero-order valence-corrected chi connectivity index (χ0v) is 10.8. The molecule has 0 saturated heterocycles. The van der Waals surface area contributed by atoms with Crippen LogP contribution in [0.5, 0.6) is 0 Å². The lowest BCUT2D eigenvalue weighted by molar-refractivity contribution is 0.687. The highest BCUT2D eigenvalue weighted by molar-refractivity contribution is 7.11. The molecule has 90 valence electrons. The summed E-state index contributed by atoms with van der Waals surface area (Å²) in [5.74, 6) is 0. The molecule has 0 fully saturated rings. The molecule has 0 aliphatic heterocycles. The Kier molecular flexibility index (Phi) is 4.12. The van der Waals surface area contributed by atoms with Gasteiger partial charge in [-0.3, -0.25) is 4.98 Å². The first-order chi connectivity index (χ1) is 8.28. The van der Waals surface area contributed by atoms with Crippen LogP contribution in [-0.4, -0.2) is 4.98 Å². The van der Waals surface area contributed by atoms with Crippen LogP contribution >= 0.6 is 11.3 Å². The summed E-state index contributed by atoms with van der Waals surface area (Å²) in [6.07, 6.45) is 2.81. The van der Waals surface area contributed by atoms with Gasteiger partial charge in [0.2, 0.25) is 0 Å². The van der Waals surface area contributed by atoms with E-state index in [4.69, 9.17) is 5.73 Å². The number of rotatable bonds is 5. The number of nitrogen functional groups attached to an aromatic ring is 1. The van der Waals surface area contributed by atoms with E-state index in [2.05, 4.69) is 29.4 Å². The Morgan fingerprint density at radius 3 is 2.65 bits per heavy atom. The second-order valence-electron chi connectivity index (χ2n) is 3.91. The number of hydrogen-bond donors (Lipinski definition) is 2. The standard InChI is InChI=1S/C13H17N3S/c1-2-12-5-6-13(17-12)9-15-8-11-4-3-10(14)7-16-11/h3-7,15H,2,8-9,14H2,1H3. The first-order valence-electron chi connectivity index (χ1n) is 5.76. The predicted octanol–water partition coefficient (Wildman–Crippen LogP) is 2.58. The lowest BCUT2D eigenvalue weighted by Crippen LogP contribution is -2.12. The quantitative estimate of drug-likeness (QED) is 0.854. The highest BCUT2D eigenvalue weighted by Gasteiger charge is 1.99. The normalized spacial score (nSPS) is 10.6. The van der Waals surface area contributed by atoms with Crippen molar-refractivity contribution < 1.29 is 0 Å². The van der Waals surface area contributed by atoms with E-state index in [0.29, 0.717) is 5.69 Å². The van der Waals surface area contributed by atoms with Crippen molar-refractivity contribution in [1.82, 2.24) is 10.3 Å². The van der Waals surface area contributed by atoms with Crippen molar-refractivity contribution in [2.45, 2.75) is 26.4 Å². The highest BCUT2D eigenvalue weighted by atomic mass is 32.1. The number of anilines is 1. The van der Waals surface area contributed by atoms with Gasteiger partial charge in [-0.05, 0) is 30.7 Å². The number of nitrogens with one attached hydrogen (secondary N) is 1. The van der Waals surface area contributed by atoms with Crippen molar-refractivity contribution >= 4 is 17.0 Å². The van der Waals surface area contributed by atoms with Crippen LogP contribution in [0.3, 0.4) is 0 Å². The Balaban J connectivity index is 1.81. The van der Waals surface area contributed by atoms with Gasteiger partial charge >= 0.3 is 0 Å². The number of nitrogens with zero attached hydrogens (tertiary/aromatic N) is 1.